The molecule has 0 aliphatic rings. The molecule has 0 fully saturated rings. The molecular formula is C19H16N2O2S2. The molecule has 0 saturated heterocycles. The summed E-state index contributed by atoms with van der Waals surface area (Å²) in [6, 6.07) is 11.6. The maximum Gasteiger partial charge on any atom is 0.270 e. The van der Waals surface area contributed by atoms with Gasteiger partial charge >= 0.3 is 0 Å². The normalized spacial score (nSPS) is 11.1. The van der Waals surface area contributed by atoms with Crippen molar-refractivity contribution < 1.29 is 9.21 Å². The SMILES string of the molecule is Cc1cc(C)c2sc(N(Cc3ccco3)C(=O)c3cccs3)nc2c1. The first-order chi connectivity index (χ1) is 12.1. The van der Waals surface area contributed by atoms with Crippen LogP contribution in [0.2, 0.25) is 0 Å². The molecule has 0 bridgehead atoms. The summed E-state index contributed by atoms with van der Waals surface area (Å²) in [6.07, 6.45) is 1.62. The van der Waals surface area contributed by atoms with Crippen LogP contribution in [0.3, 0.4) is 0 Å². The van der Waals surface area contributed by atoms with E-state index in [2.05, 4.69) is 26.0 Å². The Balaban J connectivity index is 1.79. The number of aromatic nitrogens is 1. The minimum absolute atomic E-state index is 0.0557. The molecule has 0 radical (unpaired) electrons. The van der Waals surface area contributed by atoms with E-state index in [9.17, 15) is 4.79 Å². The average Bonchev–Trinajstić information content (AvgIpc) is 3.32. The summed E-state index contributed by atoms with van der Waals surface area (Å²) in [5.74, 6) is 0.678. The van der Waals surface area contributed by atoms with E-state index < -0.39 is 0 Å². The number of thiophene rings is 1. The minimum Gasteiger partial charge on any atom is -0.467 e. The first-order valence-electron chi connectivity index (χ1n) is 7.87. The number of rotatable bonds is 4. The van der Waals surface area contributed by atoms with E-state index >= 15 is 0 Å². The highest BCUT2D eigenvalue weighted by molar-refractivity contribution is 7.22. The van der Waals surface area contributed by atoms with E-state index in [1.54, 1.807) is 22.5 Å². The van der Waals surface area contributed by atoms with Gasteiger partial charge in [-0.25, -0.2) is 4.98 Å². The summed E-state index contributed by atoms with van der Waals surface area (Å²) in [4.78, 5) is 20.1. The average molecular weight is 368 g/mol. The first-order valence-corrected chi connectivity index (χ1v) is 9.57. The standard InChI is InChI=1S/C19H16N2O2S2/c1-12-9-13(2)17-15(10-12)20-19(25-17)21(11-14-5-3-7-23-14)18(22)16-6-4-8-24-16/h3-10H,11H2,1-2H3. The Labute approximate surface area is 153 Å². The van der Waals surface area contributed by atoms with Crippen molar-refractivity contribution >= 4 is 43.9 Å². The molecule has 3 aromatic heterocycles. The number of hydrogen-bond donors (Lipinski definition) is 0. The van der Waals surface area contributed by atoms with Gasteiger partial charge in [-0.3, -0.25) is 9.69 Å². The van der Waals surface area contributed by atoms with Crippen LogP contribution in [0.4, 0.5) is 5.13 Å². The summed E-state index contributed by atoms with van der Waals surface area (Å²) in [5, 5.41) is 2.60. The van der Waals surface area contributed by atoms with Crippen molar-refractivity contribution in [3.63, 3.8) is 0 Å². The lowest BCUT2D eigenvalue weighted by molar-refractivity contribution is 0.0987. The molecule has 4 rings (SSSR count). The van der Waals surface area contributed by atoms with Crippen molar-refractivity contribution in [2.75, 3.05) is 4.90 Å². The van der Waals surface area contributed by atoms with E-state index in [1.165, 1.54) is 22.5 Å². The number of furan rings is 1. The number of aryl methyl sites for hydroxylation is 2. The highest BCUT2D eigenvalue weighted by atomic mass is 32.1. The third kappa shape index (κ3) is 3.10. The summed E-state index contributed by atoms with van der Waals surface area (Å²) < 4.78 is 6.57. The molecule has 0 spiro atoms. The second kappa shape index (κ2) is 6.46. The molecule has 25 heavy (non-hydrogen) atoms. The van der Waals surface area contributed by atoms with Crippen LogP contribution in [-0.2, 0) is 6.54 Å². The van der Waals surface area contributed by atoms with Crippen LogP contribution >= 0.6 is 22.7 Å². The highest BCUT2D eigenvalue weighted by Gasteiger charge is 2.23. The molecule has 0 N–H and O–H groups in total. The maximum absolute atomic E-state index is 13.0. The van der Waals surface area contributed by atoms with Gasteiger partial charge in [-0.15, -0.1) is 11.3 Å². The number of hydrogen-bond acceptors (Lipinski definition) is 5. The second-order valence-electron chi connectivity index (χ2n) is 5.87. The predicted molar refractivity (Wildman–Crippen MR) is 103 cm³/mol. The van der Waals surface area contributed by atoms with Gasteiger partial charge in [0, 0.05) is 0 Å². The van der Waals surface area contributed by atoms with Crippen LogP contribution in [-0.4, -0.2) is 10.9 Å². The Morgan fingerprint density at radius 2 is 2.12 bits per heavy atom. The first kappa shape index (κ1) is 16.1. The third-order valence-electron chi connectivity index (χ3n) is 3.91. The Morgan fingerprint density at radius 1 is 1.24 bits per heavy atom. The van der Waals surface area contributed by atoms with Crippen LogP contribution in [0.15, 0.2) is 52.5 Å². The van der Waals surface area contributed by atoms with Crippen LogP contribution in [0.5, 0.6) is 0 Å². The van der Waals surface area contributed by atoms with Crippen molar-refractivity contribution in [3.05, 3.63) is 69.8 Å². The van der Waals surface area contributed by atoms with Gasteiger partial charge in [-0.05, 0) is 54.6 Å². The number of fused-ring (bicyclic) bond motifs is 1. The van der Waals surface area contributed by atoms with Gasteiger partial charge in [0.2, 0.25) is 0 Å². The van der Waals surface area contributed by atoms with Crippen molar-refractivity contribution in [2.24, 2.45) is 0 Å². The number of carbonyl (C=O) groups is 1. The molecule has 1 aromatic carbocycles. The molecule has 4 nitrogen and oxygen atoms in total. The molecule has 6 heteroatoms. The van der Waals surface area contributed by atoms with Gasteiger partial charge in [0.1, 0.15) is 5.76 Å². The molecule has 4 aromatic rings. The summed E-state index contributed by atoms with van der Waals surface area (Å²) in [7, 11) is 0. The maximum atomic E-state index is 13.0. The van der Waals surface area contributed by atoms with Crippen LogP contribution in [0.1, 0.15) is 26.6 Å². The number of benzene rings is 1. The number of anilines is 1. The van der Waals surface area contributed by atoms with Crippen LogP contribution in [0, 0.1) is 13.8 Å². The fourth-order valence-corrected chi connectivity index (χ4v) is 4.48. The second-order valence-corrected chi connectivity index (χ2v) is 7.80. The summed E-state index contributed by atoms with van der Waals surface area (Å²) in [6.45, 7) is 4.50. The third-order valence-corrected chi connectivity index (χ3v) is 6.00. The molecule has 126 valence electrons. The van der Waals surface area contributed by atoms with E-state index in [1.807, 2.05) is 29.6 Å². The van der Waals surface area contributed by atoms with Gasteiger partial charge in [0.05, 0.1) is 27.9 Å². The molecular weight excluding hydrogens is 352 g/mol. The fraction of sp³-hybridized carbons (Fsp3) is 0.158. The van der Waals surface area contributed by atoms with Gasteiger partial charge in [0.25, 0.3) is 5.91 Å². The molecule has 1 amide bonds. The lowest BCUT2D eigenvalue weighted by Crippen LogP contribution is -2.29. The fourth-order valence-electron chi connectivity index (χ4n) is 2.80. The van der Waals surface area contributed by atoms with Gasteiger partial charge in [-0.2, -0.15) is 0 Å². The van der Waals surface area contributed by atoms with Crippen LogP contribution in [0.25, 0.3) is 10.2 Å². The van der Waals surface area contributed by atoms with Gasteiger partial charge in [0.15, 0.2) is 5.13 Å². The molecule has 0 aliphatic heterocycles. The van der Waals surface area contributed by atoms with Crippen molar-refractivity contribution in [1.82, 2.24) is 4.98 Å². The molecule has 0 unspecified atom stereocenters. The van der Waals surface area contributed by atoms with Crippen LogP contribution < -0.4 is 4.90 Å². The molecule has 0 saturated carbocycles. The smallest absolute Gasteiger partial charge is 0.270 e. The molecule has 0 aliphatic carbocycles. The zero-order valence-corrected chi connectivity index (χ0v) is 15.5. The Morgan fingerprint density at radius 3 is 2.84 bits per heavy atom. The van der Waals surface area contributed by atoms with E-state index in [0.717, 1.165) is 16.0 Å². The minimum atomic E-state index is -0.0557. The number of thiazole rings is 1. The summed E-state index contributed by atoms with van der Waals surface area (Å²) >= 11 is 2.98. The lowest BCUT2D eigenvalue weighted by atomic mass is 10.1. The van der Waals surface area contributed by atoms with Crippen molar-refractivity contribution in [2.45, 2.75) is 20.4 Å². The Hall–Kier alpha value is -2.44. The number of carbonyl (C=O) groups excluding carboxylic acids is 1. The van der Waals surface area contributed by atoms with Crippen molar-refractivity contribution in [3.8, 4) is 0 Å². The van der Waals surface area contributed by atoms with Gasteiger partial charge < -0.3 is 4.42 Å². The van der Waals surface area contributed by atoms with Gasteiger partial charge in [-0.1, -0.05) is 23.5 Å². The predicted octanol–water partition coefficient (Wildman–Crippen LogP) is 5.41. The highest BCUT2D eigenvalue weighted by Crippen LogP contribution is 2.34. The quantitative estimate of drug-likeness (QED) is 0.483. The lowest BCUT2D eigenvalue weighted by Gasteiger charge is -2.17. The van der Waals surface area contributed by atoms with E-state index in [-0.39, 0.29) is 5.91 Å². The largest absolute Gasteiger partial charge is 0.467 e. The number of nitrogens with zero attached hydrogens (tertiary/aromatic N) is 2. The van der Waals surface area contributed by atoms with Crippen molar-refractivity contribution in [1.29, 1.82) is 0 Å². The zero-order valence-electron chi connectivity index (χ0n) is 13.9. The monoisotopic (exact) mass is 368 g/mol. The van der Waals surface area contributed by atoms with E-state index in [4.69, 9.17) is 9.40 Å². The number of amides is 1. The summed E-state index contributed by atoms with van der Waals surface area (Å²) in [5.41, 5.74) is 3.28. The Kier molecular flexibility index (Phi) is 4.15. The Bertz CT molecular complexity index is 1020. The molecule has 3 heterocycles. The topological polar surface area (TPSA) is 46.3 Å². The molecule has 0 atom stereocenters. The van der Waals surface area contributed by atoms with E-state index in [0.29, 0.717) is 16.6 Å². The zero-order chi connectivity index (χ0) is 17.4.